The summed E-state index contributed by atoms with van der Waals surface area (Å²) < 4.78 is 1.80. The molecule has 134 valence electrons. The minimum absolute atomic E-state index is 0.0336. The zero-order valence-electron chi connectivity index (χ0n) is 15.1. The van der Waals surface area contributed by atoms with E-state index in [9.17, 15) is 4.79 Å². The maximum absolute atomic E-state index is 12.5. The molecule has 0 spiro atoms. The largest absolute Gasteiger partial charge is 0.309 e. The second-order valence-electron chi connectivity index (χ2n) is 7.24. The lowest BCUT2D eigenvalue weighted by Gasteiger charge is -2.15. The highest BCUT2D eigenvalue weighted by Crippen LogP contribution is 2.30. The lowest BCUT2D eigenvalue weighted by Crippen LogP contribution is -2.21. The summed E-state index contributed by atoms with van der Waals surface area (Å²) in [6.45, 7) is 10.8. The molecule has 0 bridgehead atoms. The lowest BCUT2D eigenvalue weighted by molar-refractivity contribution is 0.329. The molecule has 0 unspecified atom stereocenters. The first-order valence-corrected chi connectivity index (χ1v) is 8.94. The van der Waals surface area contributed by atoms with Gasteiger partial charge in [0.25, 0.3) is 5.56 Å². The summed E-state index contributed by atoms with van der Waals surface area (Å²) in [7, 11) is 0. The van der Waals surface area contributed by atoms with Crippen LogP contribution in [0.3, 0.4) is 0 Å². The van der Waals surface area contributed by atoms with Gasteiger partial charge in [0.1, 0.15) is 11.2 Å². The molecule has 1 atom stereocenters. The van der Waals surface area contributed by atoms with Gasteiger partial charge in [-0.2, -0.15) is 5.10 Å². The zero-order chi connectivity index (χ0) is 18.3. The quantitative estimate of drug-likeness (QED) is 0.736. The number of rotatable bonds is 4. The number of hydrogen-bond acceptors (Lipinski definition) is 4. The Hall–Kier alpha value is -2.73. The summed E-state index contributed by atoms with van der Waals surface area (Å²) in [6.07, 6.45) is 1.59. The fourth-order valence-electron chi connectivity index (χ4n) is 3.59. The van der Waals surface area contributed by atoms with Crippen molar-refractivity contribution in [2.75, 3.05) is 13.1 Å². The van der Waals surface area contributed by atoms with Gasteiger partial charge in [0.15, 0.2) is 5.65 Å². The monoisotopic (exact) mass is 349 g/mol. The van der Waals surface area contributed by atoms with Crippen molar-refractivity contribution >= 4 is 11.0 Å². The number of nitrogens with zero attached hydrogens (tertiary/aromatic N) is 4. The molecule has 3 aromatic rings. The van der Waals surface area contributed by atoms with Gasteiger partial charge in [-0.15, -0.1) is 0 Å². The molecule has 0 amide bonds. The smallest absolute Gasteiger partial charge is 0.262 e. The standard InChI is InChI=1S/C20H23N5O/c1-13(2)25-19-16(9-21-25)20(26)23-18(22-19)17-12-24(10-14(17)3)11-15-7-5-4-6-8-15/h4-9,13,17H,3,10-12H2,1-2H3,(H,22,23,26)/t17-/m1/s1. The Morgan fingerprint density at radius 1 is 1.31 bits per heavy atom. The zero-order valence-corrected chi connectivity index (χ0v) is 15.1. The van der Waals surface area contributed by atoms with Gasteiger partial charge in [0.05, 0.1) is 12.1 Å². The van der Waals surface area contributed by atoms with Gasteiger partial charge in [0.2, 0.25) is 0 Å². The van der Waals surface area contributed by atoms with Gasteiger partial charge in [-0.3, -0.25) is 9.69 Å². The molecule has 0 saturated carbocycles. The molecule has 3 heterocycles. The number of fused-ring (bicyclic) bond motifs is 1. The van der Waals surface area contributed by atoms with Crippen LogP contribution in [0.2, 0.25) is 0 Å². The molecule has 1 saturated heterocycles. The van der Waals surface area contributed by atoms with Gasteiger partial charge < -0.3 is 4.98 Å². The third kappa shape index (κ3) is 2.97. The van der Waals surface area contributed by atoms with Crippen molar-refractivity contribution in [2.45, 2.75) is 32.4 Å². The number of benzene rings is 1. The Morgan fingerprint density at radius 3 is 2.81 bits per heavy atom. The van der Waals surface area contributed by atoms with Gasteiger partial charge >= 0.3 is 0 Å². The molecule has 4 rings (SSSR count). The topological polar surface area (TPSA) is 66.8 Å². The van der Waals surface area contributed by atoms with Crippen molar-refractivity contribution in [3.63, 3.8) is 0 Å². The second kappa shape index (κ2) is 6.53. The summed E-state index contributed by atoms with van der Waals surface area (Å²) in [5, 5.41) is 4.85. The molecule has 6 heteroatoms. The van der Waals surface area contributed by atoms with E-state index in [-0.39, 0.29) is 17.5 Å². The Balaban J connectivity index is 1.64. The first-order chi connectivity index (χ1) is 12.5. The normalized spacial score (nSPS) is 18.3. The van der Waals surface area contributed by atoms with Gasteiger partial charge in [-0.25, -0.2) is 9.67 Å². The molecule has 1 aromatic carbocycles. The van der Waals surface area contributed by atoms with Crippen LogP contribution in [-0.2, 0) is 6.54 Å². The van der Waals surface area contributed by atoms with Crippen LogP contribution in [0.25, 0.3) is 11.0 Å². The van der Waals surface area contributed by atoms with Crippen molar-refractivity contribution in [1.29, 1.82) is 0 Å². The van der Waals surface area contributed by atoms with Crippen molar-refractivity contribution in [2.24, 2.45) is 0 Å². The highest BCUT2D eigenvalue weighted by atomic mass is 16.1. The number of aromatic amines is 1. The van der Waals surface area contributed by atoms with Crippen LogP contribution in [0.5, 0.6) is 0 Å². The molecular weight excluding hydrogens is 326 g/mol. The Labute approximate surface area is 152 Å². The van der Waals surface area contributed by atoms with Gasteiger partial charge in [-0.1, -0.05) is 42.5 Å². The number of H-pyrrole nitrogens is 1. The van der Waals surface area contributed by atoms with E-state index in [1.807, 2.05) is 19.9 Å². The lowest BCUT2D eigenvalue weighted by atomic mass is 10.0. The van der Waals surface area contributed by atoms with Crippen LogP contribution < -0.4 is 5.56 Å². The minimum Gasteiger partial charge on any atom is -0.309 e. The molecule has 1 N–H and O–H groups in total. The van der Waals surface area contributed by atoms with E-state index >= 15 is 0 Å². The summed E-state index contributed by atoms with van der Waals surface area (Å²) in [4.78, 5) is 22.5. The molecule has 1 aliphatic rings. The Morgan fingerprint density at radius 2 is 2.08 bits per heavy atom. The fourth-order valence-corrected chi connectivity index (χ4v) is 3.59. The van der Waals surface area contributed by atoms with Crippen LogP contribution in [0, 0.1) is 0 Å². The average Bonchev–Trinajstić information content (AvgIpc) is 3.19. The molecule has 6 nitrogen and oxygen atoms in total. The van der Waals surface area contributed by atoms with Crippen molar-refractivity contribution in [3.8, 4) is 0 Å². The van der Waals surface area contributed by atoms with E-state index < -0.39 is 0 Å². The third-order valence-electron chi connectivity index (χ3n) is 4.91. The van der Waals surface area contributed by atoms with E-state index in [1.165, 1.54) is 5.56 Å². The first kappa shape index (κ1) is 16.7. The summed E-state index contributed by atoms with van der Waals surface area (Å²) in [6, 6.07) is 10.5. The van der Waals surface area contributed by atoms with Crippen molar-refractivity contribution < 1.29 is 0 Å². The SMILES string of the molecule is C=C1CN(Cc2ccccc2)C[C@H]1c1nc2c(cnn2C(C)C)c(=O)[nH]1. The van der Waals surface area contributed by atoms with E-state index in [4.69, 9.17) is 4.98 Å². The maximum atomic E-state index is 12.5. The highest BCUT2D eigenvalue weighted by Gasteiger charge is 2.30. The number of likely N-dealkylation sites (tertiary alicyclic amines) is 1. The van der Waals surface area contributed by atoms with Crippen LogP contribution in [0.1, 0.15) is 37.2 Å². The van der Waals surface area contributed by atoms with Crippen molar-refractivity contribution in [1.82, 2.24) is 24.6 Å². The van der Waals surface area contributed by atoms with E-state index in [1.54, 1.807) is 10.9 Å². The molecule has 1 aliphatic heterocycles. The number of aromatic nitrogens is 4. The Bertz CT molecular complexity index is 1000. The van der Waals surface area contributed by atoms with E-state index in [0.717, 1.165) is 25.2 Å². The van der Waals surface area contributed by atoms with Crippen LogP contribution in [-0.4, -0.2) is 37.7 Å². The number of hydrogen-bond donors (Lipinski definition) is 1. The predicted octanol–water partition coefficient (Wildman–Crippen LogP) is 2.86. The third-order valence-corrected chi connectivity index (χ3v) is 4.91. The second-order valence-corrected chi connectivity index (χ2v) is 7.24. The van der Waals surface area contributed by atoms with Gasteiger partial charge in [-0.05, 0) is 19.4 Å². The highest BCUT2D eigenvalue weighted by molar-refractivity contribution is 5.73. The average molecular weight is 349 g/mol. The van der Waals surface area contributed by atoms with Crippen LogP contribution >= 0.6 is 0 Å². The van der Waals surface area contributed by atoms with E-state index in [0.29, 0.717) is 16.9 Å². The molecule has 26 heavy (non-hydrogen) atoms. The molecule has 2 aromatic heterocycles. The van der Waals surface area contributed by atoms with Crippen LogP contribution in [0.15, 0.2) is 53.5 Å². The summed E-state index contributed by atoms with van der Waals surface area (Å²) in [5.41, 5.74) is 2.87. The van der Waals surface area contributed by atoms with Crippen LogP contribution in [0.4, 0.5) is 0 Å². The summed E-state index contributed by atoms with van der Waals surface area (Å²) >= 11 is 0. The molecule has 0 radical (unpaired) electrons. The fraction of sp³-hybridized carbons (Fsp3) is 0.350. The Kier molecular flexibility index (Phi) is 4.20. The molecular formula is C20H23N5O. The maximum Gasteiger partial charge on any atom is 0.262 e. The summed E-state index contributed by atoms with van der Waals surface area (Å²) in [5.74, 6) is 0.719. The van der Waals surface area contributed by atoms with Crippen molar-refractivity contribution in [3.05, 3.63) is 70.4 Å². The molecule has 0 aliphatic carbocycles. The number of nitrogens with one attached hydrogen (secondary N) is 1. The predicted molar refractivity (Wildman–Crippen MR) is 102 cm³/mol. The van der Waals surface area contributed by atoms with E-state index in [2.05, 4.69) is 45.8 Å². The minimum atomic E-state index is -0.133. The molecule has 1 fully saturated rings. The van der Waals surface area contributed by atoms with Gasteiger partial charge in [0, 0.05) is 25.7 Å². The first-order valence-electron chi connectivity index (χ1n) is 8.94.